The van der Waals surface area contributed by atoms with Crippen molar-refractivity contribution in [3.8, 4) is 11.5 Å². The smallest absolute Gasteiger partial charge is 0.167 e. The van der Waals surface area contributed by atoms with Gasteiger partial charge < -0.3 is 20.5 Å². The van der Waals surface area contributed by atoms with Gasteiger partial charge in [-0.15, -0.1) is 0 Å². The Balaban J connectivity index is 2.03. The van der Waals surface area contributed by atoms with Crippen molar-refractivity contribution in [1.82, 2.24) is 0 Å². The van der Waals surface area contributed by atoms with Crippen molar-refractivity contribution in [3.63, 3.8) is 0 Å². The summed E-state index contributed by atoms with van der Waals surface area (Å²) >= 11 is 0. The van der Waals surface area contributed by atoms with E-state index in [2.05, 4.69) is 5.32 Å². The normalized spacial score (nSPS) is 10.2. The van der Waals surface area contributed by atoms with Crippen molar-refractivity contribution in [1.29, 1.82) is 0 Å². The number of rotatable bonds is 6. The van der Waals surface area contributed by atoms with E-state index in [9.17, 15) is 4.39 Å². The number of nitrogens with one attached hydrogen (secondary N) is 1. The molecule has 0 aliphatic carbocycles. The van der Waals surface area contributed by atoms with Crippen molar-refractivity contribution >= 4 is 11.4 Å². The Bertz CT molecular complexity index is 617. The molecule has 2 aromatic carbocycles. The van der Waals surface area contributed by atoms with Crippen molar-refractivity contribution in [2.75, 3.05) is 31.8 Å². The molecule has 5 heteroatoms. The van der Waals surface area contributed by atoms with Gasteiger partial charge in [0, 0.05) is 18.7 Å². The number of hydrogen-bond donors (Lipinski definition) is 2. The van der Waals surface area contributed by atoms with Crippen LogP contribution in [0.15, 0.2) is 36.4 Å². The van der Waals surface area contributed by atoms with Crippen LogP contribution in [0.25, 0.3) is 0 Å². The third kappa shape index (κ3) is 3.56. The lowest BCUT2D eigenvalue weighted by Gasteiger charge is -2.13. The number of benzene rings is 2. The van der Waals surface area contributed by atoms with Crippen LogP contribution in [-0.2, 0) is 6.42 Å². The molecule has 112 valence electrons. The SMILES string of the molecule is COc1cc(NCCc2ccccc2OC)c(N)cc1F. The summed E-state index contributed by atoms with van der Waals surface area (Å²) in [4.78, 5) is 0. The van der Waals surface area contributed by atoms with E-state index in [1.807, 2.05) is 24.3 Å². The molecule has 0 saturated heterocycles. The number of ether oxygens (including phenoxy) is 2. The Morgan fingerprint density at radius 3 is 2.52 bits per heavy atom. The molecule has 0 radical (unpaired) electrons. The third-order valence-corrected chi connectivity index (χ3v) is 3.23. The van der Waals surface area contributed by atoms with Gasteiger partial charge in [-0.25, -0.2) is 4.39 Å². The molecule has 0 aliphatic rings. The van der Waals surface area contributed by atoms with E-state index in [4.69, 9.17) is 15.2 Å². The van der Waals surface area contributed by atoms with E-state index in [0.717, 1.165) is 17.7 Å². The molecule has 0 bridgehead atoms. The average Bonchev–Trinajstić information content (AvgIpc) is 2.50. The highest BCUT2D eigenvalue weighted by Gasteiger charge is 2.08. The van der Waals surface area contributed by atoms with Gasteiger partial charge in [0.1, 0.15) is 5.75 Å². The maximum Gasteiger partial charge on any atom is 0.167 e. The van der Waals surface area contributed by atoms with Gasteiger partial charge in [0.2, 0.25) is 0 Å². The highest BCUT2D eigenvalue weighted by molar-refractivity contribution is 5.68. The Kier molecular flexibility index (Phi) is 4.87. The van der Waals surface area contributed by atoms with Crippen LogP contribution in [0.4, 0.5) is 15.8 Å². The maximum atomic E-state index is 13.5. The van der Waals surface area contributed by atoms with E-state index >= 15 is 0 Å². The van der Waals surface area contributed by atoms with Gasteiger partial charge in [-0.3, -0.25) is 0 Å². The molecule has 0 heterocycles. The highest BCUT2D eigenvalue weighted by Crippen LogP contribution is 2.28. The molecule has 0 fully saturated rings. The molecule has 4 nitrogen and oxygen atoms in total. The lowest BCUT2D eigenvalue weighted by Crippen LogP contribution is -2.08. The number of methoxy groups -OCH3 is 2. The fourth-order valence-electron chi connectivity index (χ4n) is 2.12. The van der Waals surface area contributed by atoms with Gasteiger partial charge in [0.15, 0.2) is 11.6 Å². The second-order valence-corrected chi connectivity index (χ2v) is 4.56. The lowest BCUT2D eigenvalue weighted by atomic mass is 10.1. The number of halogens is 1. The van der Waals surface area contributed by atoms with Gasteiger partial charge >= 0.3 is 0 Å². The first-order valence-electron chi connectivity index (χ1n) is 6.64. The summed E-state index contributed by atoms with van der Waals surface area (Å²) in [5, 5.41) is 3.19. The summed E-state index contributed by atoms with van der Waals surface area (Å²) in [6.45, 7) is 0.652. The molecule has 3 N–H and O–H groups in total. The zero-order valence-electron chi connectivity index (χ0n) is 12.2. The predicted octanol–water partition coefficient (Wildman–Crippen LogP) is 3.08. The number of hydrogen-bond acceptors (Lipinski definition) is 4. The quantitative estimate of drug-likeness (QED) is 0.803. The molecule has 0 atom stereocenters. The van der Waals surface area contributed by atoms with Crippen LogP contribution in [0.2, 0.25) is 0 Å². The Labute approximate surface area is 123 Å². The minimum atomic E-state index is -0.467. The zero-order valence-corrected chi connectivity index (χ0v) is 12.2. The van der Waals surface area contributed by atoms with E-state index in [1.165, 1.54) is 13.2 Å². The molecule has 0 saturated carbocycles. The number of para-hydroxylation sites is 1. The fourth-order valence-corrected chi connectivity index (χ4v) is 2.12. The molecule has 2 aromatic rings. The summed E-state index contributed by atoms with van der Waals surface area (Å²) < 4.78 is 23.7. The van der Waals surface area contributed by atoms with Gasteiger partial charge in [-0.2, -0.15) is 0 Å². The van der Waals surface area contributed by atoms with Crippen molar-refractivity contribution < 1.29 is 13.9 Å². The van der Waals surface area contributed by atoms with Crippen LogP contribution in [0.3, 0.4) is 0 Å². The van der Waals surface area contributed by atoms with Gasteiger partial charge in [0.05, 0.1) is 25.6 Å². The Hall–Kier alpha value is -2.43. The molecular weight excluding hydrogens is 271 g/mol. The minimum absolute atomic E-state index is 0.170. The number of nitrogens with two attached hydrogens (primary N) is 1. The van der Waals surface area contributed by atoms with Crippen LogP contribution >= 0.6 is 0 Å². The molecule has 0 aliphatic heterocycles. The second-order valence-electron chi connectivity index (χ2n) is 4.56. The highest BCUT2D eigenvalue weighted by atomic mass is 19.1. The average molecular weight is 290 g/mol. The Morgan fingerprint density at radius 1 is 1.10 bits per heavy atom. The first kappa shape index (κ1) is 15.0. The van der Waals surface area contributed by atoms with Crippen molar-refractivity contribution in [3.05, 3.63) is 47.8 Å². The molecule has 0 spiro atoms. The summed E-state index contributed by atoms with van der Waals surface area (Å²) in [5.41, 5.74) is 7.91. The van der Waals surface area contributed by atoms with Crippen molar-refractivity contribution in [2.45, 2.75) is 6.42 Å². The molecule has 0 aromatic heterocycles. The largest absolute Gasteiger partial charge is 0.496 e. The monoisotopic (exact) mass is 290 g/mol. The molecule has 0 amide bonds. The van der Waals surface area contributed by atoms with Gasteiger partial charge in [-0.1, -0.05) is 18.2 Å². The molecule has 0 unspecified atom stereocenters. The summed E-state index contributed by atoms with van der Waals surface area (Å²) in [6.07, 6.45) is 0.767. The zero-order chi connectivity index (χ0) is 15.2. The fraction of sp³-hybridized carbons (Fsp3) is 0.250. The number of anilines is 2. The third-order valence-electron chi connectivity index (χ3n) is 3.23. The predicted molar refractivity (Wildman–Crippen MR) is 82.6 cm³/mol. The van der Waals surface area contributed by atoms with Crippen LogP contribution in [-0.4, -0.2) is 20.8 Å². The first-order valence-corrected chi connectivity index (χ1v) is 6.64. The number of nitrogen functional groups attached to an aromatic ring is 1. The van der Waals surface area contributed by atoms with Crippen LogP contribution in [0.1, 0.15) is 5.56 Å². The lowest BCUT2D eigenvalue weighted by molar-refractivity contribution is 0.387. The maximum absolute atomic E-state index is 13.5. The van der Waals surface area contributed by atoms with Crippen LogP contribution in [0.5, 0.6) is 11.5 Å². The first-order chi connectivity index (χ1) is 10.2. The Morgan fingerprint density at radius 2 is 1.81 bits per heavy atom. The molecular formula is C16H19FN2O2. The van der Waals surface area contributed by atoms with E-state index in [-0.39, 0.29) is 5.75 Å². The van der Waals surface area contributed by atoms with Crippen LogP contribution in [0, 0.1) is 5.82 Å². The van der Waals surface area contributed by atoms with E-state index in [1.54, 1.807) is 13.2 Å². The molecule has 2 rings (SSSR count). The van der Waals surface area contributed by atoms with Gasteiger partial charge in [-0.05, 0) is 18.1 Å². The molecule has 21 heavy (non-hydrogen) atoms. The second kappa shape index (κ2) is 6.83. The summed E-state index contributed by atoms with van der Waals surface area (Å²) in [7, 11) is 3.07. The van der Waals surface area contributed by atoms with Crippen LogP contribution < -0.4 is 20.5 Å². The van der Waals surface area contributed by atoms with E-state index in [0.29, 0.717) is 17.9 Å². The van der Waals surface area contributed by atoms with Crippen molar-refractivity contribution in [2.24, 2.45) is 0 Å². The standard InChI is InChI=1S/C16H19FN2O2/c1-20-15-6-4-3-5-11(15)7-8-19-14-10-16(21-2)12(17)9-13(14)18/h3-6,9-10,19H,7-8,18H2,1-2H3. The minimum Gasteiger partial charge on any atom is -0.496 e. The van der Waals surface area contributed by atoms with Gasteiger partial charge in [0.25, 0.3) is 0 Å². The summed E-state index contributed by atoms with van der Waals surface area (Å²) in [5.74, 6) is 0.554. The summed E-state index contributed by atoms with van der Waals surface area (Å²) in [6, 6.07) is 10.6. The van der Waals surface area contributed by atoms with E-state index < -0.39 is 5.82 Å². The topological polar surface area (TPSA) is 56.5 Å².